The molecule has 1 saturated heterocycles. The second-order valence-electron chi connectivity index (χ2n) is 12.3. The summed E-state index contributed by atoms with van der Waals surface area (Å²) in [5, 5.41) is 3.03. The predicted molar refractivity (Wildman–Crippen MR) is 146 cm³/mol. The fraction of sp³-hybridized carbons (Fsp3) is 0.533. The summed E-state index contributed by atoms with van der Waals surface area (Å²) in [4.78, 5) is 29.6. The highest BCUT2D eigenvalue weighted by Crippen LogP contribution is 2.27. The van der Waals surface area contributed by atoms with Crippen LogP contribution < -0.4 is 10.2 Å². The summed E-state index contributed by atoms with van der Waals surface area (Å²) in [7, 11) is 0. The molecular weight excluding hydrogens is 434 g/mol. The normalized spacial score (nSPS) is 15.6. The van der Waals surface area contributed by atoms with E-state index in [2.05, 4.69) is 82.9 Å². The fourth-order valence-electron chi connectivity index (χ4n) is 4.86. The first-order valence-corrected chi connectivity index (χ1v) is 12.9. The van der Waals surface area contributed by atoms with Crippen LogP contribution in [0.2, 0.25) is 0 Å². The highest BCUT2D eigenvalue weighted by molar-refractivity contribution is 5.94. The van der Waals surface area contributed by atoms with Crippen LogP contribution in [0, 0.1) is 11.3 Å². The lowest BCUT2D eigenvalue weighted by Gasteiger charge is -2.36. The minimum atomic E-state index is 0.0668. The van der Waals surface area contributed by atoms with E-state index in [0.29, 0.717) is 25.4 Å². The predicted octanol–water partition coefficient (Wildman–Crippen LogP) is 6.35. The summed E-state index contributed by atoms with van der Waals surface area (Å²) in [5.74, 6) is 0.519. The minimum Gasteiger partial charge on any atom is -0.368 e. The number of nitrogens with one attached hydrogen (secondary N) is 1. The number of benzene rings is 2. The summed E-state index contributed by atoms with van der Waals surface area (Å²) in [6, 6.07) is 16.1. The molecule has 5 heteroatoms. The van der Waals surface area contributed by atoms with Crippen LogP contribution in [-0.4, -0.2) is 42.9 Å². The van der Waals surface area contributed by atoms with Crippen molar-refractivity contribution in [1.29, 1.82) is 0 Å². The number of carbonyl (C=O) groups excluding carboxylic acids is 2. The second kappa shape index (κ2) is 10.8. The first kappa shape index (κ1) is 26.8. The summed E-state index contributed by atoms with van der Waals surface area (Å²) in [6.07, 6.45) is 1.56. The molecule has 1 N–H and O–H groups in total. The van der Waals surface area contributed by atoms with Gasteiger partial charge in [-0.15, -0.1) is 0 Å². The monoisotopic (exact) mass is 477 g/mol. The first-order chi connectivity index (χ1) is 16.3. The molecule has 2 aromatic carbocycles. The molecule has 0 bridgehead atoms. The molecule has 0 aliphatic carbocycles. The Morgan fingerprint density at radius 3 is 1.94 bits per heavy atom. The Labute approximate surface area is 211 Å². The van der Waals surface area contributed by atoms with Crippen LogP contribution >= 0.6 is 0 Å². The maximum atomic E-state index is 13.0. The van der Waals surface area contributed by atoms with E-state index in [1.807, 2.05) is 29.2 Å². The van der Waals surface area contributed by atoms with Crippen molar-refractivity contribution in [3.05, 3.63) is 59.7 Å². The third kappa shape index (κ3) is 7.84. The van der Waals surface area contributed by atoms with Gasteiger partial charge in [-0.3, -0.25) is 9.59 Å². The number of piperazine rings is 1. The van der Waals surface area contributed by atoms with Gasteiger partial charge in [-0.25, -0.2) is 0 Å². The summed E-state index contributed by atoms with van der Waals surface area (Å²) < 4.78 is 0. The third-order valence-electron chi connectivity index (χ3n) is 6.58. The molecule has 1 atom stereocenters. The zero-order chi connectivity index (χ0) is 25.8. The number of hydrogen-bond donors (Lipinski definition) is 1. The van der Waals surface area contributed by atoms with Crippen LogP contribution in [0.3, 0.4) is 0 Å². The van der Waals surface area contributed by atoms with Crippen LogP contribution in [0.1, 0.15) is 77.2 Å². The molecule has 5 nitrogen and oxygen atoms in total. The number of anilines is 2. The van der Waals surface area contributed by atoms with Gasteiger partial charge in [-0.2, -0.15) is 0 Å². The Morgan fingerprint density at radius 1 is 0.857 bits per heavy atom. The number of nitrogens with zero attached hydrogens (tertiary/aromatic N) is 2. The molecule has 1 unspecified atom stereocenters. The lowest BCUT2D eigenvalue weighted by Crippen LogP contribution is -2.48. The van der Waals surface area contributed by atoms with E-state index in [-0.39, 0.29) is 22.6 Å². The van der Waals surface area contributed by atoms with Crippen LogP contribution in [-0.2, 0) is 10.2 Å². The second-order valence-corrected chi connectivity index (χ2v) is 12.3. The van der Waals surface area contributed by atoms with Gasteiger partial charge in [-0.1, -0.05) is 60.6 Å². The summed E-state index contributed by atoms with van der Waals surface area (Å²) >= 11 is 0. The minimum absolute atomic E-state index is 0.0668. The lowest BCUT2D eigenvalue weighted by molar-refractivity contribution is -0.117. The lowest BCUT2D eigenvalue weighted by atomic mass is 9.84. The van der Waals surface area contributed by atoms with Crippen molar-refractivity contribution < 1.29 is 9.59 Å². The van der Waals surface area contributed by atoms with Gasteiger partial charge in [0.15, 0.2) is 0 Å². The van der Waals surface area contributed by atoms with Crippen LogP contribution in [0.15, 0.2) is 48.5 Å². The molecule has 1 fully saturated rings. The van der Waals surface area contributed by atoms with Gasteiger partial charge in [0, 0.05) is 49.5 Å². The van der Waals surface area contributed by atoms with E-state index in [0.717, 1.165) is 36.4 Å². The van der Waals surface area contributed by atoms with Crippen molar-refractivity contribution in [2.24, 2.45) is 11.3 Å². The van der Waals surface area contributed by atoms with E-state index in [1.54, 1.807) is 0 Å². The van der Waals surface area contributed by atoms with Crippen molar-refractivity contribution in [3.63, 3.8) is 0 Å². The average molecular weight is 478 g/mol. The number of carbonyl (C=O) groups is 2. The molecule has 1 heterocycles. The molecular formula is C30H43N3O2. The Morgan fingerprint density at radius 2 is 1.43 bits per heavy atom. The van der Waals surface area contributed by atoms with E-state index >= 15 is 0 Å². The standard InChI is InChI=1S/C30H43N3O2/c1-22(21-29(2,3)4)20-27(34)31-25-12-14-26(15-13-25)32-16-18-33(19-17-32)28(35)23-8-10-24(11-9-23)30(5,6)7/h8-15,22H,16-21H2,1-7H3,(H,31,34). The van der Waals surface area contributed by atoms with Crippen molar-refractivity contribution in [2.75, 3.05) is 36.4 Å². The van der Waals surface area contributed by atoms with E-state index < -0.39 is 0 Å². The van der Waals surface area contributed by atoms with Gasteiger partial charge in [0.05, 0.1) is 0 Å². The number of hydrogen-bond acceptors (Lipinski definition) is 3. The van der Waals surface area contributed by atoms with Crippen LogP contribution in [0.4, 0.5) is 11.4 Å². The van der Waals surface area contributed by atoms with Gasteiger partial charge < -0.3 is 15.1 Å². The van der Waals surface area contributed by atoms with Crippen molar-refractivity contribution in [2.45, 2.75) is 66.7 Å². The number of rotatable bonds is 6. The summed E-state index contributed by atoms with van der Waals surface area (Å²) in [6.45, 7) is 18.3. The van der Waals surface area contributed by atoms with Gasteiger partial charge in [0.1, 0.15) is 0 Å². The molecule has 0 spiro atoms. The Balaban J connectivity index is 1.50. The van der Waals surface area contributed by atoms with Gasteiger partial charge >= 0.3 is 0 Å². The highest BCUT2D eigenvalue weighted by Gasteiger charge is 2.23. The molecule has 3 rings (SSSR count). The molecule has 35 heavy (non-hydrogen) atoms. The zero-order valence-corrected chi connectivity index (χ0v) is 22.6. The average Bonchev–Trinajstić information content (AvgIpc) is 2.77. The van der Waals surface area contributed by atoms with Crippen molar-refractivity contribution in [1.82, 2.24) is 4.90 Å². The molecule has 2 amide bonds. The van der Waals surface area contributed by atoms with E-state index in [9.17, 15) is 9.59 Å². The third-order valence-corrected chi connectivity index (χ3v) is 6.58. The van der Waals surface area contributed by atoms with E-state index in [1.165, 1.54) is 5.56 Å². The van der Waals surface area contributed by atoms with E-state index in [4.69, 9.17) is 0 Å². The molecule has 190 valence electrons. The van der Waals surface area contributed by atoms with Gasteiger partial charge in [-0.05, 0) is 65.1 Å². The largest absolute Gasteiger partial charge is 0.368 e. The molecule has 0 radical (unpaired) electrons. The topological polar surface area (TPSA) is 52.7 Å². The van der Waals surface area contributed by atoms with Crippen molar-refractivity contribution >= 4 is 23.2 Å². The maximum Gasteiger partial charge on any atom is 0.253 e. The first-order valence-electron chi connectivity index (χ1n) is 12.9. The fourth-order valence-corrected chi connectivity index (χ4v) is 4.86. The molecule has 1 aliphatic heterocycles. The van der Waals surface area contributed by atoms with Gasteiger partial charge in [0.2, 0.25) is 5.91 Å². The Bertz CT molecular complexity index is 990. The quantitative estimate of drug-likeness (QED) is 0.528. The van der Waals surface area contributed by atoms with Gasteiger partial charge in [0.25, 0.3) is 5.91 Å². The summed E-state index contributed by atoms with van der Waals surface area (Å²) in [5.41, 5.74) is 4.24. The van der Waals surface area contributed by atoms with Crippen molar-refractivity contribution in [3.8, 4) is 0 Å². The maximum absolute atomic E-state index is 13.0. The molecule has 1 aliphatic rings. The smallest absolute Gasteiger partial charge is 0.253 e. The zero-order valence-electron chi connectivity index (χ0n) is 22.6. The highest BCUT2D eigenvalue weighted by atomic mass is 16.2. The number of amides is 2. The molecule has 0 aromatic heterocycles. The Kier molecular flexibility index (Phi) is 8.30. The SMILES string of the molecule is CC(CC(=O)Nc1ccc(N2CCN(C(=O)c3ccc(C(C)(C)C)cc3)CC2)cc1)CC(C)(C)C. The molecule has 2 aromatic rings. The van der Waals surface area contributed by atoms with Crippen LogP contribution in [0.25, 0.3) is 0 Å². The Hall–Kier alpha value is -2.82. The van der Waals surface area contributed by atoms with Crippen LogP contribution in [0.5, 0.6) is 0 Å². The molecule has 0 saturated carbocycles.